The summed E-state index contributed by atoms with van der Waals surface area (Å²) in [5.74, 6) is -0.0672. The first-order valence-electron chi connectivity index (χ1n) is 15.3. The van der Waals surface area contributed by atoms with Gasteiger partial charge in [-0.1, -0.05) is 52.9 Å². The Kier molecular flexibility index (Phi) is 18.0. The quantitative estimate of drug-likeness (QED) is 0.156. The molecule has 2 atom stereocenters. The first-order chi connectivity index (χ1) is 20.1. The van der Waals surface area contributed by atoms with Crippen LogP contribution in [-0.2, 0) is 30.5 Å². The van der Waals surface area contributed by atoms with Crippen LogP contribution in [0.4, 0.5) is 0 Å². The summed E-state index contributed by atoms with van der Waals surface area (Å²) < 4.78 is 15.9. The molecule has 1 rings (SSSR count). The fourth-order valence-electron chi connectivity index (χ4n) is 4.58. The van der Waals surface area contributed by atoms with Crippen LogP contribution in [0, 0.1) is 5.92 Å². The zero-order chi connectivity index (χ0) is 31.5. The second-order valence-electron chi connectivity index (χ2n) is 11.0. The zero-order valence-corrected chi connectivity index (χ0v) is 26.8. The van der Waals surface area contributed by atoms with E-state index in [0.717, 1.165) is 24.8 Å². The van der Waals surface area contributed by atoms with E-state index in [0.29, 0.717) is 30.9 Å². The Labute approximate surface area is 252 Å². The predicted molar refractivity (Wildman–Crippen MR) is 163 cm³/mol. The van der Waals surface area contributed by atoms with E-state index in [1.807, 2.05) is 19.9 Å². The number of benzene rings is 1. The number of methoxy groups -OCH3 is 2. The van der Waals surface area contributed by atoms with Gasteiger partial charge in [0, 0.05) is 38.1 Å². The lowest BCUT2D eigenvalue weighted by Gasteiger charge is -2.24. The maximum atomic E-state index is 13.3. The molecular weight excluding hydrogens is 538 g/mol. The van der Waals surface area contributed by atoms with Crippen molar-refractivity contribution in [2.75, 3.05) is 27.9 Å². The number of nitrogens with zero attached hydrogens (tertiary/aromatic N) is 1. The summed E-state index contributed by atoms with van der Waals surface area (Å²) in [6, 6.07) is 3.58. The maximum Gasteiger partial charge on any atom is 0.328 e. The highest BCUT2D eigenvalue weighted by atomic mass is 16.5. The average Bonchev–Trinajstić information content (AvgIpc) is 2.96. The van der Waals surface area contributed by atoms with E-state index >= 15 is 0 Å². The van der Waals surface area contributed by atoms with Crippen molar-refractivity contribution in [3.63, 3.8) is 0 Å². The van der Waals surface area contributed by atoms with E-state index < -0.39 is 24.0 Å². The van der Waals surface area contributed by atoms with Crippen LogP contribution in [0.2, 0.25) is 0 Å². The summed E-state index contributed by atoms with van der Waals surface area (Å²) in [6.07, 6.45) is 7.24. The van der Waals surface area contributed by atoms with Crippen LogP contribution in [0.15, 0.2) is 18.2 Å². The highest BCUT2D eigenvalue weighted by molar-refractivity contribution is 5.91. The Balaban J connectivity index is 2.81. The van der Waals surface area contributed by atoms with E-state index in [-0.39, 0.29) is 37.2 Å². The summed E-state index contributed by atoms with van der Waals surface area (Å²) in [6.45, 7) is 8.22. The van der Waals surface area contributed by atoms with Gasteiger partial charge in [0.25, 0.3) is 0 Å². The zero-order valence-electron chi connectivity index (χ0n) is 26.8. The fourth-order valence-corrected chi connectivity index (χ4v) is 4.58. The predicted octanol–water partition coefficient (Wildman–Crippen LogP) is 4.77. The molecule has 0 fully saturated rings. The highest BCUT2D eigenvalue weighted by Gasteiger charge is 2.29. The number of hydrogen-bond acceptors (Lipinski definition) is 7. The van der Waals surface area contributed by atoms with Crippen molar-refractivity contribution in [1.29, 1.82) is 0 Å². The number of ether oxygens (including phenoxy) is 3. The number of esters is 1. The lowest BCUT2D eigenvalue weighted by atomic mass is 10.0. The van der Waals surface area contributed by atoms with Gasteiger partial charge in [-0.3, -0.25) is 14.4 Å². The molecule has 0 unspecified atom stereocenters. The standard InChI is InChI=1S/C32H53N3O7/c1-8-10-11-12-13-14-15-29(36)33-27(20-23(3)4)31(38)34-26(32(39)42-9-2)18-19-30(37)35(5)22-24-16-17-25(40-6)21-28(24)41-7/h16-17,21,23,26-27H,8-15,18-20,22H2,1-7H3,(H,33,36)(H,34,38)/t26-,27-/m0/s1. The van der Waals surface area contributed by atoms with Gasteiger partial charge in [-0.25, -0.2) is 4.79 Å². The summed E-state index contributed by atoms with van der Waals surface area (Å²) in [5, 5.41) is 5.60. The molecule has 0 aliphatic rings. The SMILES string of the molecule is CCCCCCCCC(=O)N[C@@H](CC(C)C)C(=O)N[C@@H](CCC(=O)N(C)Cc1ccc(OC)cc1OC)C(=O)OCC. The Morgan fingerprint density at radius 1 is 0.881 bits per heavy atom. The minimum atomic E-state index is -1.02. The number of hydrogen-bond donors (Lipinski definition) is 2. The van der Waals surface area contributed by atoms with Crippen molar-refractivity contribution in [1.82, 2.24) is 15.5 Å². The molecule has 0 aliphatic heterocycles. The molecule has 0 spiro atoms. The number of carbonyl (C=O) groups is 4. The molecule has 0 bridgehead atoms. The molecule has 10 heteroatoms. The molecular formula is C32H53N3O7. The molecule has 10 nitrogen and oxygen atoms in total. The van der Waals surface area contributed by atoms with Crippen LogP contribution >= 0.6 is 0 Å². The lowest BCUT2D eigenvalue weighted by molar-refractivity contribution is -0.148. The molecule has 0 aromatic heterocycles. The van der Waals surface area contributed by atoms with E-state index in [1.54, 1.807) is 45.2 Å². The third kappa shape index (κ3) is 14.0. The van der Waals surface area contributed by atoms with E-state index in [4.69, 9.17) is 14.2 Å². The number of nitrogens with one attached hydrogen (secondary N) is 2. The van der Waals surface area contributed by atoms with Crippen LogP contribution < -0.4 is 20.1 Å². The van der Waals surface area contributed by atoms with Crippen molar-refractivity contribution in [3.8, 4) is 11.5 Å². The fraction of sp³-hybridized carbons (Fsp3) is 0.688. The Bertz CT molecular complexity index is 983. The number of carbonyl (C=O) groups excluding carboxylic acids is 4. The monoisotopic (exact) mass is 591 g/mol. The molecule has 2 N–H and O–H groups in total. The summed E-state index contributed by atoms with van der Waals surface area (Å²) in [7, 11) is 4.79. The van der Waals surface area contributed by atoms with Crippen molar-refractivity contribution in [2.24, 2.45) is 5.92 Å². The van der Waals surface area contributed by atoms with Gasteiger partial charge in [0.15, 0.2) is 0 Å². The van der Waals surface area contributed by atoms with Gasteiger partial charge in [0.2, 0.25) is 17.7 Å². The van der Waals surface area contributed by atoms with Crippen LogP contribution in [0.1, 0.15) is 97.5 Å². The largest absolute Gasteiger partial charge is 0.497 e. The van der Waals surface area contributed by atoms with Crippen LogP contribution in [0.25, 0.3) is 0 Å². The van der Waals surface area contributed by atoms with Crippen LogP contribution in [0.3, 0.4) is 0 Å². The molecule has 0 radical (unpaired) electrons. The van der Waals surface area contributed by atoms with Gasteiger partial charge in [0.1, 0.15) is 23.6 Å². The molecule has 0 aliphatic carbocycles. The van der Waals surface area contributed by atoms with Gasteiger partial charge in [-0.15, -0.1) is 0 Å². The maximum absolute atomic E-state index is 13.3. The number of unbranched alkanes of at least 4 members (excludes halogenated alkanes) is 5. The smallest absolute Gasteiger partial charge is 0.328 e. The van der Waals surface area contributed by atoms with Gasteiger partial charge in [-0.2, -0.15) is 0 Å². The third-order valence-corrected chi connectivity index (χ3v) is 6.98. The van der Waals surface area contributed by atoms with Gasteiger partial charge >= 0.3 is 5.97 Å². The van der Waals surface area contributed by atoms with Crippen molar-refractivity contribution < 1.29 is 33.4 Å². The number of rotatable bonds is 21. The lowest BCUT2D eigenvalue weighted by Crippen LogP contribution is -2.52. The Morgan fingerprint density at radius 3 is 2.19 bits per heavy atom. The number of amides is 3. The molecule has 3 amide bonds. The molecule has 1 aromatic carbocycles. The molecule has 0 saturated carbocycles. The minimum Gasteiger partial charge on any atom is -0.497 e. The Morgan fingerprint density at radius 2 is 1.57 bits per heavy atom. The molecule has 0 saturated heterocycles. The molecule has 0 heterocycles. The Hall–Kier alpha value is -3.30. The van der Waals surface area contributed by atoms with Gasteiger partial charge < -0.3 is 29.7 Å². The first kappa shape index (κ1) is 36.7. The van der Waals surface area contributed by atoms with E-state index in [2.05, 4.69) is 17.6 Å². The van der Waals surface area contributed by atoms with Crippen molar-refractivity contribution in [3.05, 3.63) is 23.8 Å². The average molecular weight is 592 g/mol. The second-order valence-corrected chi connectivity index (χ2v) is 11.0. The third-order valence-electron chi connectivity index (χ3n) is 6.98. The molecule has 1 aromatic rings. The van der Waals surface area contributed by atoms with Gasteiger partial charge in [-0.05, 0) is 44.2 Å². The summed E-state index contributed by atoms with van der Waals surface area (Å²) in [5.41, 5.74) is 0.803. The molecule has 238 valence electrons. The van der Waals surface area contributed by atoms with Crippen LogP contribution in [-0.4, -0.2) is 68.5 Å². The molecule has 42 heavy (non-hydrogen) atoms. The highest BCUT2D eigenvalue weighted by Crippen LogP contribution is 2.25. The van der Waals surface area contributed by atoms with Crippen molar-refractivity contribution in [2.45, 2.75) is 111 Å². The second kappa shape index (κ2) is 20.6. The van der Waals surface area contributed by atoms with Crippen molar-refractivity contribution >= 4 is 23.7 Å². The summed E-state index contributed by atoms with van der Waals surface area (Å²) in [4.78, 5) is 53.2. The minimum absolute atomic E-state index is 0.0119. The van der Waals surface area contributed by atoms with Gasteiger partial charge in [0.05, 0.1) is 20.8 Å². The van der Waals surface area contributed by atoms with E-state index in [1.165, 1.54) is 19.3 Å². The van der Waals surface area contributed by atoms with E-state index in [9.17, 15) is 19.2 Å². The summed E-state index contributed by atoms with van der Waals surface area (Å²) >= 11 is 0. The first-order valence-corrected chi connectivity index (χ1v) is 15.3. The van der Waals surface area contributed by atoms with Crippen LogP contribution in [0.5, 0.6) is 11.5 Å². The topological polar surface area (TPSA) is 123 Å². The normalized spacial score (nSPS) is 12.3.